The van der Waals surface area contributed by atoms with Crippen LogP contribution in [0.5, 0.6) is 0 Å². The molecule has 3 aliphatic heterocycles. The van der Waals surface area contributed by atoms with E-state index in [4.69, 9.17) is 14.2 Å². The van der Waals surface area contributed by atoms with Crippen LogP contribution in [0.2, 0.25) is 0 Å². The van der Waals surface area contributed by atoms with Crippen LogP contribution in [0.4, 0.5) is 0 Å². The number of rotatable bonds is 4. The Bertz CT molecular complexity index is 1060. The number of esters is 3. The van der Waals surface area contributed by atoms with E-state index in [1.54, 1.807) is 0 Å². The lowest BCUT2D eigenvalue weighted by atomic mass is 9.49. The first kappa shape index (κ1) is 25.0. The third kappa shape index (κ3) is 3.23. The smallest absolute Gasteiger partial charge is 0.309 e. The second-order valence-electron chi connectivity index (χ2n) is 11.3. The number of nitrogens with zero attached hydrogens (tertiary/aromatic N) is 1. The molecule has 196 valence electrons. The Kier molecular flexibility index (Phi) is 6.03. The summed E-state index contributed by atoms with van der Waals surface area (Å²) in [6.07, 6.45) is 3.00. The number of ether oxygens (including phenoxy) is 3. The maximum atomic E-state index is 14.7. The van der Waals surface area contributed by atoms with Gasteiger partial charge in [-0.2, -0.15) is 0 Å². The third-order valence-corrected chi connectivity index (χ3v) is 9.62. The minimum Gasteiger partial charge on any atom is -0.469 e. The monoisotopic (exact) mass is 501 g/mol. The van der Waals surface area contributed by atoms with Crippen molar-refractivity contribution in [3.05, 3.63) is 11.1 Å². The number of allylic oxidation sites excluding steroid dienone is 1. The number of amides is 2. The first-order valence-electron chi connectivity index (χ1n) is 13.0. The van der Waals surface area contributed by atoms with Crippen molar-refractivity contribution in [2.75, 3.05) is 20.3 Å². The summed E-state index contributed by atoms with van der Waals surface area (Å²) in [7, 11) is 1.35. The number of fused-ring (bicyclic) bond motifs is 4. The molecule has 0 aromatic heterocycles. The maximum absolute atomic E-state index is 14.7. The summed E-state index contributed by atoms with van der Waals surface area (Å²) in [5.74, 6) is -3.46. The van der Waals surface area contributed by atoms with Gasteiger partial charge >= 0.3 is 17.9 Å². The van der Waals surface area contributed by atoms with Gasteiger partial charge < -0.3 is 14.2 Å². The molecule has 0 aromatic carbocycles. The Labute approximate surface area is 210 Å². The van der Waals surface area contributed by atoms with Crippen LogP contribution in [-0.4, -0.2) is 61.0 Å². The molecule has 0 aromatic rings. The molecule has 1 spiro atoms. The molecule has 4 bridgehead atoms. The number of carbonyl (C=O) groups is 5. The van der Waals surface area contributed by atoms with Crippen molar-refractivity contribution in [1.82, 2.24) is 4.90 Å². The fourth-order valence-electron chi connectivity index (χ4n) is 8.38. The Morgan fingerprint density at radius 2 is 1.75 bits per heavy atom. The van der Waals surface area contributed by atoms with Crippen molar-refractivity contribution >= 4 is 29.7 Å². The molecule has 3 saturated heterocycles. The average Bonchev–Trinajstić information content (AvgIpc) is 3.38. The average molecular weight is 502 g/mol. The van der Waals surface area contributed by atoms with Crippen molar-refractivity contribution in [1.29, 1.82) is 0 Å². The van der Waals surface area contributed by atoms with E-state index in [0.29, 0.717) is 25.7 Å². The second-order valence-corrected chi connectivity index (χ2v) is 11.3. The zero-order valence-electron chi connectivity index (χ0n) is 21.5. The Balaban J connectivity index is 1.84. The Hall–Kier alpha value is -2.71. The fraction of sp³-hybridized carbons (Fsp3) is 0.741. The van der Waals surface area contributed by atoms with Crippen LogP contribution in [0, 0.1) is 34.5 Å². The molecule has 9 nitrogen and oxygen atoms in total. The van der Waals surface area contributed by atoms with Gasteiger partial charge in [0.2, 0.25) is 11.8 Å². The van der Waals surface area contributed by atoms with Crippen LogP contribution in [-0.2, 0) is 38.2 Å². The number of carbonyl (C=O) groups excluding carboxylic acids is 5. The van der Waals surface area contributed by atoms with Crippen molar-refractivity contribution in [3.8, 4) is 0 Å². The van der Waals surface area contributed by atoms with E-state index in [1.807, 2.05) is 6.92 Å². The predicted octanol–water partition coefficient (Wildman–Crippen LogP) is 2.56. The van der Waals surface area contributed by atoms with Gasteiger partial charge in [-0.15, -0.1) is 0 Å². The molecule has 6 rings (SSSR count). The van der Waals surface area contributed by atoms with E-state index in [0.717, 1.165) is 24.0 Å². The lowest BCUT2D eigenvalue weighted by Crippen LogP contribution is -2.70. The van der Waals surface area contributed by atoms with Crippen LogP contribution in [0.3, 0.4) is 0 Å². The summed E-state index contributed by atoms with van der Waals surface area (Å²) in [6.45, 7) is 4.66. The highest BCUT2D eigenvalue weighted by atomic mass is 16.6. The van der Waals surface area contributed by atoms with E-state index < -0.39 is 40.7 Å². The van der Waals surface area contributed by atoms with Crippen LogP contribution in [0.25, 0.3) is 0 Å². The van der Waals surface area contributed by atoms with Crippen molar-refractivity contribution in [3.63, 3.8) is 0 Å². The molecule has 36 heavy (non-hydrogen) atoms. The predicted molar refractivity (Wildman–Crippen MR) is 125 cm³/mol. The van der Waals surface area contributed by atoms with Gasteiger partial charge in [-0.05, 0) is 56.8 Å². The van der Waals surface area contributed by atoms with Crippen molar-refractivity contribution < 1.29 is 38.2 Å². The summed E-state index contributed by atoms with van der Waals surface area (Å²) < 4.78 is 16.9. The first-order valence-corrected chi connectivity index (χ1v) is 13.0. The van der Waals surface area contributed by atoms with Crippen molar-refractivity contribution in [2.24, 2.45) is 34.5 Å². The van der Waals surface area contributed by atoms with E-state index in [2.05, 4.69) is 0 Å². The van der Waals surface area contributed by atoms with Gasteiger partial charge in [-0.1, -0.05) is 18.1 Å². The van der Waals surface area contributed by atoms with Gasteiger partial charge in [0.15, 0.2) is 0 Å². The lowest BCUT2D eigenvalue weighted by Gasteiger charge is -2.58. The van der Waals surface area contributed by atoms with Crippen LogP contribution < -0.4 is 0 Å². The third-order valence-electron chi connectivity index (χ3n) is 9.62. The molecule has 3 heterocycles. The summed E-state index contributed by atoms with van der Waals surface area (Å²) in [6, 6.07) is 0. The highest BCUT2D eigenvalue weighted by Crippen LogP contribution is 2.72. The van der Waals surface area contributed by atoms with Crippen LogP contribution >= 0.6 is 0 Å². The van der Waals surface area contributed by atoms with Crippen molar-refractivity contribution in [2.45, 2.75) is 71.8 Å². The summed E-state index contributed by atoms with van der Waals surface area (Å²) in [4.78, 5) is 67.9. The summed E-state index contributed by atoms with van der Waals surface area (Å²) in [5, 5.41) is 0. The fourth-order valence-corrected chi connectivity index (χ4v) is 8.38. The summed E-state index contributed by atoms with van der Waals surface area (Å²) in [5.41, 5.74) is -0.529. The van der Waals surface area contributed by atoms with E-state index in [-0.39, 0.29) is 49.2 Å². The van der Waals surface area contributed by atoms with Crippen LogP contribution in [0.15, 0.2) is 11.1 Å². The van der Waals surface area contributed by atoms with Gasteiger partial charge in [0.25, 0.3) is 0 Å². The molecule has 7 atom stereocenters. The number of methoxy groups -OCH3 is 1. The Morgan fingerprint density at radius 3 is 2.42 bits per heavy atom. The van der Waals surface area contributed by atoms with E-state index >= 15 is 0 Å². The van der Waals surface area contributed by atoms with Crippen LogP contribution in [0.1, 0.15) is 65.7 Å². The topological polar surface area (TPSA) is 116 Å². The zero-order chi connectivity index (χ0) is 26.0. The largest absolute Gasteiger partial charge is 0.469 e. The lowest BCUT2D eigenvalue weighted by molar-refractivity contribution is -0.209. The standard InChI is InChI=1S/C27H35NO8/c1-14-5-10-21(36-16(3)30)27(13-35-15(2)29)20-9-7-17-6-8-18-19(24(32)34-4)11-26(27,22(17)18)25(33)28(12-14)23(20)31/h14,18-21H,5-13H2,1-4H3/t14-,18+,19+,20?,21?,26-,27?/m0/s1. The molecule has 2 amide bonds. The molecule has 0 radical (unpaired) electrons. The normalized spacial score (nSPS) is 39.1. The molecular weight excluding hydrogens is 466 g/mol. The van der Waals surface area contributed by atoms with Gasteiger partial charge in [0.05, 0.1) is 29.8 Å². The van der Waals surface area contributed by atoms with Gasteiger partial charge in [-0.3, -0.25) is 28.9 Å². The number of imide groups is 1. The molecule has 3 aliphatic carbocycles. The van der Waals surface area contributed by atoms with E-state index in [1.165, 1.54) is 25.9 Å². The number of piperidine rings is 1. The quantitative estimate of drug-likeness (QED) is 0.250. The summed E-state index contributed by atoms with van der Waals surface area (Å²) >= 11 is 0. The van der Waals surface area contributed by atoms with E-state index in [9.17, 15) is 24.0 Å². The molecule has 1 saturated carbocycles. The number of hydrogen-bond acceptors (Lipinski definition) is 8. The molecular formula is C27H35NO8. The Morgan fingerprint density at radius 1 is 1.03 bits per heavy atom. The number of hydrogen-bond donors (Lipinski definition) is 0. The SMILES string of the molecule is COC(=O)[C@@H]1C[C@]23C(=O)N4C[C@@H](C)CCC(OC(C)=O)C2(COC(C)=O)C(CCC2=C3[C@@H]1CC2)C4=O. The first-order chi connectivity index (χ1) is 17.1. The minimum atomic E-state index is -1.29. The van der Waals surface area contributed by atoms with Gasteiger partial charge in [0.1, 0.15) is 12.7 Å². The molecule has 9 heteroatoms. The van der Waals surface area contributed by atoms with Gasteiger partial charge in [-0.25, -0.2) is 0 Å². The van der Waals surface area contributed by atoms with Gasteiger partial charge in [0, 0.05) is 20.4 Å². The minimum absolute atomic E-state index is 0.00247. The molecule has 6 aliphatic rings. The zero-order valence-corrected chi connectivity index (χ0v) is 21.5. The second kappa shape index (κ2) is 8.70. The molecule has 0 N–H and O–H groups in total. The molecule has 3 unspecified atom stereocenters. The highest BCUT2D eigenvalue weighted by Gasteiger charge is 2.77. The molecule has 4 fully saturated rings. The highest BCUT2D eigenvalue weighted by molar-refractivity contribution is 6.06. The maximum Gasteiger partial charge on any atom is 0.309 e.